The third-order valence-electron chi connectivity index (χ3n) is 4.96. The summed E-state index contributed by atoms with van der Waals surface area (Å²) in [5, 5.41) is 6.69. The van der Waals surface area contributed by atoms with Gasteiger partial charge in [-0.3, -0.25) is 9.78 Å². The van der Waals surface area contributed by atoms with Crippen LogP contribution in [0.1, 0.15) is 45.3 Å². The Morgan fingerprint density at radius 1 is 1.09 bits per heavy atom. The number of alkyl halides is 6. The highest BCUT2D eigenvalue weighted by Crippen LogP contribution is 2.34. The second kappa shape index (κ2) is 7.80. The van der Waals surface area contributed by atoms with Gasteiger partial charge in [-0.2, -0.15) is 31.4 Å². The summed E-state index contributed by atoms with van der Waals surface area (Å²) in [7, 11) is 0. The highest BCUT2D eigenvalue weighted by atomic mass is 35.5. The van der Waals surface area contributed by atoms with Gasteiger partial charge in [0, 0.05) is 28.5 Å². The van der Waals surface area contributed by atoms with Crippen LogP contribution in [0.25, 0.3) is 5.69 Å². The van der Waals surface area contributed by atoms with Gasteiger partial charge < -0.3 is 5.32 Å². The normalized spacial score (nSPS) is 16.2. The molecule has 32 heavy (non-hydrogen) atoms. The number of pyridine rings is 1. The third-order valence-corrected chi connectivity index (χ3v) is 5.18. The molecule has 2 aromatic heterocycles. The molecule has 3 aromatic rings. The van der Waals surface area contributed by atoms with Crippen molar-refractivity contribution in [1.29, 1.82) is 0 Å². The number of hydrogen-bond acceptors (Lipinski definition) is 3. The highest BCUT2D eigenvalue weighted by Gasteiger charge is 2.34. The molecule has 0 saturated carbocycles. The topological polar surface area (TPSA) is 59.8 Å². The minimum absolute atomic E-state index is 0.136. The van der Waals surface area contributed by atoms with E-state index in [1.807, 2.05) is 0 Å². The van der Waals surface area contributed by atoms with Crippen LogP contribution < -0.4 is 5.32 Å². The fraction of sp³-hybridized carbons (Fsp3) is 0.250. The number of aryl methyl sites for hydroxylation is 1. The lowest BCUT2D eigenvalue weighted by molar-refractivity contribution is -0.141. The summed E-state index contributed by atoms with van der Waals surface area (Å²) in [5.74, 6) is -0.758. The fourth-order valence-electron chi connectivity index (χ4n) is 3.47. The predicted octanol–water partition coefficient (Wildman–Crippen LogP) is 5.38. The van der Waals surface area contributed by atoms with Crippen molar-refractivity contribution in [2.45, 2.75) is 31.2 Å². The number of fused-ring (bicyclic) bond motifs is 1. The molecular weight excluding hydrogens is 462 g/mol. The zero-order valence-corrected chi connectivity index (χ0v) is 16.7. The van der Waals surface area contributed by atoms with Crippen LogP contribution >= 0.6 is 11.6 Å². The van der Waals surface area contributed by atoms with Gasteiger partial charge >= 0.3 is 12.4 Å². The van der Waals surface area contributed by atoms with Gasteiger partial charge in [0.15, 0.2) is 0 Å². The second-order valence-corrected chi connectivity index (χ2v) is 7.60. The van der Waals surface area contributed by atoms with E-state index in [0.717, 1.165) is 24.4 Å². The van der Waals surface area contributed by atoms with Crippen LogP contribution in [0.2, 0.25) is 5.02 Å². The van der Waals surface area contributed by atoms with Gasteiger partial charge in [0.1, 0.15) is 5.69 Å². The summed E-state index contributed by atoms with van der Waals surface area (Å²) in [5.41, 5.74) is -1.10. The number of benzene rings is 1. The molecule has 2 heterocycles. The van der Waals surface area contributed by atoms with Crippen LogP contribution in [-0.4, -0.2) is 20.7 Å². The molecule has 0 bridgehead atoms. The Morgan fingerprint density at radius 2 is 1.84 bits per heavy atom. The van der Waals surface area contributed by atoms with E-state index >= 15 is 0 Å². The van der Waals surface area contributed by atoms with E-state index in [1.165, 1.54) is 16.9 Å². The number of carbonyl (C=O) groups excluding carboxylic acids is 1. The van der Waals surface area contributed by atoms with Crippen molar-refractivity contribution < 1.29 is 31.1 Å². The Balaban J connectivity index is 1.57. The first kappa shape index (κ1) is 22.1. The second-order valence-electron chi connectivity index (χ2n) is 7.16. The number of aromatic nitrogens is 3. The molecular formula is C20H13ClF6N4O. The minimum atomic E-state index is -4.67. The number of nitrogens with one attached hydrogen (secondary N) is 1. The number of nitrogens with zero attached hydrogens (tertiary/aromatic N) is 3. The number of rotatable bonds is 3. The van der Waals surface area contributed by atoms with Gasteiger partial charge in [-0.25, -0.2) is 4.68 Å². The van der Waals surface area contributed by atoms with E-state index in [1.54, 1.807) is 0 Å². The van der Waals surface area contributed by atoms with Crippen molar-refractivity contribution in [2.75, 3.05) is 0 Å². The maximum absolute atomic E-state index is 13.0. The molecule has 4 rings (SSSR count). The molecule has 0 aliphatic heterocycles. The smallest absolute Gasteiger partial charge is 0.345 e. The molecule has 1 atom stereocenters. The molecule has 0 unspecified atom stereocenters. The van der Waals surface area contributed by atoms with Crippen LogP contribution in [-0.2, 0) is 18.8 Å². The van der Waals surface area contributed by atoms with E-state index < -0.39 is 35.6 Å². The molecule has 1 aromatic carbocycles. The van der Waals surface area contributed by atoms with Gasteiger partial charge in [0.25, 0.3) is 5.91 Å². The van der Waals surface area contributed by atoms with E-state index in [4.69, 9.17) is 11.6 Å². The highest BCUT2D eigenvalue weighted by molar-refractivity contribution is 6.31. The first-order valence-corrected chi connectivity index (χ1v) is 9.60. The van der Waals surface area contributed by atoms with Crippen LogP contribution in [0.4, 0.5) is 26.3 Å². The lowest BCUT2D eigenvalue weighted by Gasteiger charge is -2.15. The zero-order chi connectivity index (χ0) is 23.3. The van der Waals surface area contributed by atoms with E-state index in [9.17, 15) is 31.1 Å². The number of halogens is 7. The molecule has 1 N–H and O–H groups in total. The number of hydrogen-bond donors (Lipinski definition) is 1. The largest absolute Gasteiger partial charge is 0.433 e. The van der Waals surface area contributed by atoms with Crippen molar-refractivity contribution in [3.63, 3.8) is 0 Å². The first-order valence-electron chi connectivity index (χ1n) is 9.22. The van der Waals surface area contributed by atoms with Gasteiger partial charge in [0.05, 0.1) is 23.0 Å². The van der Waals surface area contributed by atoms with Crippen molar-refractivity contribution in [2.24, 2.45) is 0 Å². The Kier molecular flexibility index (Phi) is 5.40. The van der Waals surface area contributed by atoms with Crippen molar-refractivity contribution in [3.8, 4) is 5.69 Å². The molecule has 12 heteroatoms. The molecule has 1 aliphatic carbocycles. The predicted molar refractivity (Wildman–Crippen MR) is 101 cm³/mol. The molecule has 0 fully saturated rings. The lowest BCUT2D eigenvalue weighted by Crippen LogP contribution is -2.27. The van der Waals surface area contributed by atoms with Gasteiger partial charge in [0.2, 0.25) is 0 Å². The molecule has 168 valence electrons. The summed E-state index contributed by atoms with van der Waals surface area (Å²) < 4.78 is 79.0. The zero-order valence-electron chi connectivity index (χ0n) is 15.9. The van der Waals surface area contributed by atoms with E-state index in [0.29, 0.717) is 30.2 Å². The van der Waals surface area contributed by atoms with E-state index in [2.05, 4.69) is 15.4 Å². The van der Waals surface area contributed by atoms with Crippen LogP contribution in [0, 0.1) is 0 Å². The Bertz CT molecular complexity index is 1190. The molecule has 0 radical (unpaired) electrons. The van der Waals surface area contributed by atoms with Crippen LogP contribution in [0.15, 0.2) is 42.7 Å². The first-order chi connectivity index (χ1) is 14.9. The SMILES string of the molecule is O=C(N[C@H]1CCc2nn(-c3ccnc(C(F)(F)F)c3)cc21)c1cc(Cl)cc(C(F)(F)F)c1. The Hall–Kier alpha value is -3.08. The summed E-state index contributed by atoms with van der Waals surface area (Å²) in [6.07, 6.45) is -5.89. The molecule has 1 amide bonds. The summed E-state index contributed by atoms with van der Waals surface area (Å²) in [6.45, 7) is 0. The molecule has 0 saturated heterocycles. The number of amides is 1. The lowest BCUT2D eigenvalue weighted by atomic mass is 10.1. The van der Waals surface area contributed by atoms with Gasteiger partial charge in [-0.15, -0.1) is 0 Å². The summed E-state index contributed by atoms with van der Waals surface area (Å²) >= 11 is 5.74. The minimum Gasteiger partial charge on any atom is -0.345 e. The average molecular weight is 475 g/mol. The average Bonchev–Trinajstić information content (AvgIpc) is 3.28. The van der Waals surface area contributed by atoms with Crippen molar-refractivity contribution in [1.82, 2.24) is 20.1 Å². The van der Waals surface area contributed by atoms with Crippen molar-refractivity contribution in [3.05, 3.63) is 75.8 Å². The third kappa shape index (κ3) is 4.43. The molecule has 1 aliphatic rings. The van der Waals surface area contributed by atoms with Crippen molar-refractivity contribution >= 4 is 17.5 Å². The molecule has 0 spiro atoms. The van der Waals surface area contributed by atoms with Gasteiger partial charge in [-0.05, 0) is 43.2 Å². The fourth-order valence-corrected chi connectivity index (χ4v) is 3.71. The summed E-state index contributed by atoms with van der Waals surface area (Å²) in [6, 6.07) is 4.19. The Morgan fingerprint density at radius 3 is 2.53 bits per heavy atom. The number of carbonyl (C=O) groups is 1. The molecule has 5 nitrogen and oxygen atoms in total. The van der Waals surface area contributed by atoms with E-state index in [-0.39, 0.29) is 16.3 Å². The quantitative estimate of drug-likeness (QED) is 0.519. The van der Waals surface area contributed by atoms with Crippen LogP contribution in [0.5, 0.6) is 0 Å². The van der Waals surface area contributed by atoms with Gasteiger partial charge in [-0.1, -0.05) is 11.6 Å². The van der Waals surface area contributed by atoms with Crippen LogP contribution in [0.3, 0.4) is 0 Å². The standard InChI is InChI=1S/C20H13ClF6N4O/c21-12-6-10(5-11(7-12)19(22,23)24)18(32)29-15-1-2-16-14(15)9-31(30-16)13-3-4-28-17(8-13)20(25,26)27/h3-9,15H,1-2H2,(H,29,32)/t15-/m0/s1. The summed E-state index contributed by atoms with van der Waals surface area (Å²) in [4.78, 5) is 15.9. The maximum atomic E-state index is 13.0. The monoisotopic (exact) mass is 474 g/mol. The maximum Gasteiger partial charge on any atom is 0.433 e. The Labute approximate surface area is 182 Å².